The van der Waals surface area contributed by atoms with E-state index in [1.165, 1.54) is 0 Å². The zero-order valence-electron chi connectivity index (χ0n) is 20.7. The van der Waals surface area contributed by atoms with E-state index in [0.29, 0.717) is 12.1 Å². The first-order valence-electron chi connectivity index (χ1n) is 12.3. The second-order valence-electron chi connectivity index (χ2n) is 9.30. The molecule has 2 aromatic carbocycles. The highest BCUT2D eigenvalue weighted by Crippen LogP contribution is 2.21. The van der Waals surface area contributed by atoms with Crippen molar-refractivity contribution in [3.8, 4) is 5.75 Å². The summed E-state index contributed by atoms with van der Waals surface area (Å²) in [6.45, 7) is 5.93. The summed E-state index contributed by atoms with van der Waals surface area (Å²) in [5, 5.41) is 17.4. The molecular weight excluding hydrogens is 440 g/mol. The number of carbonyl (C=O) groups excluding carboxylic acids is 1. The van der Waals surface area contributed by atoms with Crippen molar-refractivity contribution >= 4 is 22.5 Å². The van der Waals surface area contributed by atoms with Crippen LogP contribution in [0.2, 0.25) is 0 Å². The van der Waals surface area contributed by atoms with Gasteiger partial charge in [0, 0.05) is 50.0 Å². The molecule has 1 unspecified atom stereocenters. The van der Waals surface area contributed by atoms with Crippen LogP contribution in [0.15, 0.2) is 60.8 Å². The lowest BCUT2D eigenvalue weighted by molar-refractivity contribution is 0.0935. The second kappa shape index (κ2) is 12.0. The molecule has 0 saturated carbocycles. The van der Waals surface area contributed by atoms with Gasteiger partial charge in [0.2, 0.25) is 0 Å². The number of nitrogens with zero attached hydrogens (tertiary/aromatic N) is 4. The molecule has 0 aliphatic carbocycles. The normalized spacial score (nSPS) is 16.7. The van der Waals surface area contributed by atoms with Crippen molar-refractivity contribution in [3.63, 3.8) is 0 Å². The monoisotopic (exact) mass is 476 g/mol. The number of amides is 1. The summed E-state index contributed by atoms with van der Waals surface area (Å²) in [6.07, 6.45) is 2.89. The van der Waals surface area contributed by atoms with Crippen molar-refractivity contribution in [1.29, 1.82) is 0 Å². The Balaban J connectivity index is 1.33. The molecule has 0 radical (unpaired) electrons. The van der Waals surface area contributed by atoms with Crippen LogP contribution in [-0.4, -0.2) is 91.9 Å². The van der Waals surface area contributed by atoms with Crippen LogP contribution >= 0.6 is 0 Å². The average molecular weight is 477 g/mol. The maximum atomic E-state index is 12.7. The van der Waals surface area contributed by atoms with E-state index in [1.54, 1.807) is 18.3 Å². The zero-order valence-corrected chi connectivity index (χ0v) is 20.7. The summed E-state index contributed by atoms with van der Waals surface area (Å²) in [5.41, 5.74) is 2.58. The molecule has 1 fully saturated rings. The van der Waals surface area contributed by atoms with E-state index in [0.717, 1.165) is 62.3 Å². The lowest BCUT2D eigenvalue weighted by Crippen LogP contribution is -2.60. The first-order valence-corrected chi connectivity index (χ1v) is 12.3. The molecule has 1 amide bonds. The Morgan fingerprint density at radius 2 is 1.91 bits per heavy atom. The second-order valence-corrected chi connectivity index (χ2v) is 9.30. The van der Waals surface area contributed by atoms with E-state index >= 15 is 0 Å². The third-order valence-electron chi connectivity index (χ3n) is 6.41. The largest absolute Gasteiger partial charge is 0.508 e. The number of nitrogens with one attached hydrogen (secondary N) is 2. The first kappa shape index (κ1) is 24.9. The highest BCUT2D eigenvalue weighted by atomic mass is 16.3. The van der Waals surface area contributed by atoms with Gasteiger partial charge in [-0.1, -0.05) is 18.2 Å². The van der Waals surface area contributed by atoms with E-state index in [9.17, 15) is 9.90 Å². The van der Waals surface area contributed by atoms with E-state index in [-0.39, 0.29) is 17.8 Å². The Morgan fingerprint density at radius 1 is 1.11 bits per heavy atom. The number of hydrogen-bond acceptors (Lipinski definition) is 7. The van der Waals surface area contributed by atoms with E-state index in [4.69, 9.17) is 0 Å². The maximum absolute atomic E-state index is 12.7. The van der Waals surface area contributed by atoms with E-state index in [1.807, 2.05) is 42.5 Å². The van der Waals surface area contributed by atoms with Gasteiger partial charge in [0.05, 0.1) is 17.2 Å². The number of hydrogen-bond donors (Lipinski definition) is 3. The van der Waals surface area contributed by atoms with Gasteiger partial charge in [-0.2, -0.15) is 0 Å². The van der Waals surface area contributed by atoms with E-state index < -0.39 is 0 Å². The highest BCUT2D eigenvalue weighted by molar-refractivity contribution is 5.97. The zero-order chi connectivity index (χ0) is 24.6. The fraction of sp³-hybridized carbons (Fsp3) is 0.407. The molecule has 8 heteroatoms. The van der Waals surface area contributed by atoms with Crippen LogP contribution in [0.4, 0.5) is 5.69 Å². The molecule has 1 aliphatic rings. The summed E-state index contributed by atoms with van der Waals surface area (Å²) in [5.74, 6) is 0.185. The predicted molar refractivity (Wildman–Crippen MR) is 141 cm³/mol. The molecule has 3 aromatic rings. The molecule has 8 nitrogen and oxygen atoms in total. The number of carbonyl (C=O) groups is 1. The predicted octanol–water partition coefficient (Wildman–Crippen LogP) is 2.36. The van der Waals surface area contributed by atoms with Gasteiger partial charge in [-0.3, -0.25) is 14.7 Å². The van der Waals surface area contributed by atoms with Gasteiger partial charge in [-0.25, -0.2) is 0 Å². The minimum atomic E-state index is -0.0959. The van der Waals surface area contributed by atoms with Gasteiger partial charge in [-0.15, -0.1) is 0 Å². The molecule has 1 aromatic heterocycles. The van der Waals surface area contributed by atoms with Gasteiger partial charge in [0.1, 0.15) is 5.75 Å². The lowest BCUT2D eigenvalue weighted by Gasteiger charge is -2.43. The van der Waals surface area contributed by atoms with Crippen molar-refractivity contribution in [3.05, 3.63) is 66.4 Å². The van der Waals surface area contributed by atoms with E-state index in [2.05, 4.69) is 44.4 Å². The van der Waals surface area contributed by atoms with Gasteiger partial charge in [0.25, 0.3) is 5.91 Å². The Morgan fingerprint density at radius 3 is 2.71 bits per heavy atom. The lowest BCUT2D eigenvalue weighted by atomic mass is 10.1. The van der Waals surface area contributed by atoms with Crippen LogP contribution in [0.1, 0.15) is 16.8 Å². The fourth-order valence-corrected chi connectivity index (χ4v) is 4.45. The summed E-state index contributed by atoms with van der Waals surface area (Å²) in [6, 6.07) is 17.1. The van der Waals surface area contributed by atoms with Crippen LogP contribution in [0.5, 0.6) is 5.75 Å². The molecule has 186 valence electrons. The van der Waals surface area contributed by atoms with Crippen molar-refractivity contribution in [2.24, 2.45) is 0 Å². The maximum Gasteiger partial charge on any atom is 0.252 e. The molecule has 3 N–H and O–H groups in total. The minimum Gasteiger partial charge on any atom is -0.508 e. The standard InChI is InChI=1S/C27H36N6O2/c1-31(2)14-5-12-28-26-20-33(23-8-10-24(34)11-9-23)17-16-32(26)15-13-29-27(35)22-18-21-6-3-4-7-25(21)30-19-22/h3-4,6-11,18-19,26,28,34H,5,12-17,20H2,1-2H3,(H,29,35). The number of phenolic OH excluding ortho intramolecular Hbond substituents is 1. The Bertz CT molecular complexity index is 1100. The number of pyridine rings is 1. The number of phenols is 1. The molecule has 0 bridgehead atoms. The number of fused-ring (bicyclic) bond motifs is 1. The van der Waals surface area contributed by atoms with Crippen molar-refractivity contribution in [2.75, 3.05) is 64.8 Å². The first-order chi connectivity index (χ1) is 17.0. The third kappa shape index (κ3) is 6.91. The van der Waals surface area contributed by atoms with Crippen LogP contribution in [0, 0.1) is 0 Å². The fourth-order valence-electron chi connectivity index (χ4n) is 4.45. The number of benzene rings is 2. The minimum absolute atomic E-state index is 0.0959. The third-order valence-corrected chi connectivity index (χ3v) is 6.41. The molecule has 1 atom stereocenters. The van der Waals surface area contributed by atoms with Gasteiger partial charge < -0.3 is 25.5 Å². The van der Waals surface area contributed by atoms with Gasteiger partial charge in [0.15, 0.2) is 0 Å². The molecule has 1 saturated heterocycles. The summed E-state index contributed by atoms with van der Waals surface area (Å²) >= 11 is 0. The number of aromatic nitrogens is 1. The van der Waals surface area contributed by atoms with Gasteiger partial charge in [-0.05, 0) is 70.0 Å². The molecule has 0 spiro atoms. The van der Waals surface area contributed by atoms with Crippen molar-refractivity contribution < 1.29 is 9.90 Å². The topological polar surface area (TPSA) is 84.0 Å². The van der Waals surface area contributed by atoms with Crippen molar-refractivity contribution in [2.45, 2.75) is 12.6 Å². The molecule has 1 aliphatic heterocycles. The highest BCUT2D eigenvalue weighted by Gasteiger charge is 2.26. The molecule has 2 heterocycles. The van der Waals surface area contributed by atoms with Crippen LogP contribution < -0.4 is 15.5 Å². The number of aromatic hydroxyl groups is 1. The average Bonchev–Trinajstić information content (AvgIpc) is 2.87. The van der Waals surface area contributed by atoms with Crippen LogP contribution in [0.25, 0.3) is 10.9 Å². The molecule has 35 heavy (non-hydrogen) atoms. The van der Waals surface area contributed by atoms with Gasteiger partial charge >= 0.3 is 0 Å². The number of anilines is 1. The Kier molecular flexibility index (Phi) is 8.52. The smallest absolute Gasteiger partial charge is 0.252 e. The van der Waals surface area contributed by atoms with Crippen LogP contribution in [0.3, 0.4) is 0 Å². The van der Waals surface area contributed by atoms with Crippen molar-refractivity contribution in [1.82, 2.24) is 25.4 Å². The summed E-state index contributed by atoms with van der Waals surface area (Å²) < 4.78 is 0. The quantitative estimate of drug-likeness (QED) is 0.388. The Hall–Kier alpha value is -3.20. The number of para-hydroxylation sites is 1. The van der Waals surface area contributed by atoms with Crippen LogP contribution in [-0.2, 0) is 0 Å². The number of rotatable bonds is 10. The molecule has 4 rings (SSSR count). The summed E-state index contributed by atoms with van der Waals surface area (Å²) in [7, 11) is 4.18. The Labute approximate surface area is 207 Å². The number of piperazine rings is 1. The molecular formula is C27H36N6O2. The SMILES string of the molecule is CN(C)CCCNC1CN(c2ccc(O)cc2)CCN1CCNC(=O)c1cnc2ccccc2c1. The summed E-state index contributed by atoms with van der Waals surface area (Å²) in [4.78, 5) is 24.1.